The summed E-state index contributed by atoms with van der Waals surface area (Å²) in [5.41, 5.74) is 10.9. The third kappa shape index (κ3) is 5.17. The lowest BCUT2D eigenvalue weighted by Crippen LogP contribution is -2.33. The zero-order chi connectivity index (χ0) is 38.2. The Morgan fingerprint density at radius 2 is 1.03 bits per heavy atom. The van der Waals surface area contributed by atoms with Gasteiger partial charge in [-0.15, -0.1) is 0 Å². The fourth-order valence-electron chi connectivity index (χ4n) is 8.83. The first kappa shape index (κ1) is 32.5. The highest BCUT2D eigenvalue weighted by atomic mass is 16.3. The van der Waals surface area contributed by atoms with Crippen LogP contribution in [0.25, 0.3) is 87.7 Å². The molecule has 0 amide bonds. The summed E-state index contributed by atoms with van der Waals surface area (Å²) >= 11 is 0. The molecule has 0 saturated carbocycles. The lowest BCUT2D eigenvalue weighted by molar-refractivity contribution is 0.662. The Labute approximate surface area is 333 Å². The fraction of sp³-hybridized carbons (Fsp3) is 0.0189. The fourth-order valence-corrected chi connectivity index (χ4v) is 8.83. The Balaban J connectivity index is 1.07. The zero-order valence-corrected chi connectivity index (χ0v) is 31.2. The highest BCUT2D eigenvalue weighted by Crippen LogP contribution is 2.44. The zero-order valence-electron chi connectivity index (χ0n) is 31.2. The number of nitrogens with one attached hydrogen (secondary N) is 1. The molecule has 3 heterocycles. The van der Waals surface area contributed by atoms with Crippen LogP contribution in [0.15, 0.2) is 207 Å². The van der Waals surface area contributed by atoms with Crippen molar-refractivity contribution >= 4 is 77.1 Å². The lowest BCUT2D eigenvalue weighted by Gasteiger charge is -2.25. The molecule has 12 rings (SSSR count). The Kier molecular flexibility index (Phi) is 7.23. The van der Waals surface area contributed by atoms with Crippen LogP contribution in [0.2, 0.25) is 0 Å². The molecular weight excluding hydrogens is 711 g/mol. The predicted octanol–water partition coefficient (Wildman–Crippen LogP) is 13.6. The van der Waals surface area contributed by atoms with Gasteiger partial charge >= 0.3 is 0 Å². The minimum atomic E-state index is -0.417. The molecule has 0 aliphatic carbocycles. The van der Waals surface area contributed by atoms with Crippen molar-refractivity contribution in [1.29, 1.82) is 0 Å². The molecule has 0 saturated heterocycles. The van der Waals surface area contributed by atoms with E-state index >= 15 is 0 Å². The van der Waals surface area contributed by atoms with E-state index < -0.39 is 6.17 Å². The molecule has 9 aromatic carbocycles. The minimum absolute atomic E-state index is 0.417. The van der Waals surface area contributed by atoms with E-state index in [4.69, 9.17) is 18.8 Å². The maximum Gasteiger partial charge on any atom is 0.159 e. The maximum atomic E-state index is 6.73. The number of hydrogen-bond acceptors (Lipinski definition) is 5. The second kappa shape index (κ2) is 12.9. The quantitative estimate of drug-likeness (QED) is 0.191. The molecule has 1 N–H and O–H groups in total. The van der Waals surface area contributed by atoms with Gasteiger partial charge < -0.3 is 14.2 Å². The molecular formula is C53H33N3O2. The van der Waals surface area contributed by atoms with Crippen molar-refractivity contribution < 1.29 is 8.83 Å². The highest BCUT2D eigenvalue weighted by molar-refractivity contribution is 6.22. The number of para-hydroxylation sites is 1. The molecule has 58 heavy (non-hydrogen) atoms. The second-order valence-corrected chi connectivity index (χ2v) is 14.9. The van der Waals surface area contributed by atoms with Crippen molar-refractivity contribution in [2.45, 2.75) is 6.17 Å². The number of amidine groups is 2. The van der Waals surface area contributed by atoms with Crippen molar-refractivity contribution in [3.05, 3.63) is 205 Å². The Morgan fingerprint density at radius 1 is 0.397 bits per heavy atom. The van der Waals surface area contributed by atoms with Crippen LogP contribution in [-0.2, 0) is 0 Å². The lowest BCUT2D eigenvalue weighted by atomic mass is 9.89. The van der Waals surface area contributed by atoms with Crippen LogP contribution in [0, 0.1) is 0 Å². The molecule has 1 unspecified atom stereocenters. The van der Waals surface area contributed by atoms with Crippen LogP contribution < -0.4 is 5.32 Å². The van der Waals surface area contributed by atoms with Crippen LogP contribution in [-0.4, -0.2) is 11.7 Å². The van der Waals surface area contributed by atoms with Gasteiger partial charge in [-0.2, -0.15) is 0 Å². The normalized spacial score (nSPS) is 14.4. The maximum absolute atomic E-state index is 6.73. The molecule has 2 aromatic heterocycles. The van der Waals surface area contributed by atoms with Crippen molar-refractivity contribution in [2.24, 2.45) is 9.98 Å². The summed E-state index contributed by atoms with van der Waals surface area (Å²) in [5, 5.41) is 12.6. The number of aliphatic imine (C=N–C) groups is 2. The molecule has 0 fully saturated rings. The van der Waals surface area contributed by atoms with Gasteiger partial charge in [0.25, 0.3) is 0 Å². The van der Waals surface area contributed by atoms with E-state index in [0.29, 0.717) is 5.84 Å². The van der Waals surface area contributed by atoms with Gasteiger partial charge in [-0.05, 0) is 80.2 Å². The third-order valence-corrected chi connectivity index (χ3v) is 11.5. The third-order valence-electron chi connectivity index (χ3n) is 11.5. The highest BCUT2D eigenvalue weighted by Gasteiger charge is 2.26. The van der Waals surface area contributed by atoms with E-state index in [1.54, 1.807) is 0 Å². The summed E-state index contributed by atoms with van der Waals surface area (Å²) in [4.78, 5) is 10.5. The van der Waals surface area contributed by atoms with E-state index in [1.807, 2.05) is 42.5 Å². The van der Waals surface area contributed by atoms with Gasteiger partial charge in [0, 0.05) is 38.2 Å². The van der Waals surface area contributed by atoms with Crippen molar-refractivity contribution in [3.63, 3.8) is 0 Å². The van der Waals surface area contributed by atoms with Crippen LogP contribution >= 0.6 is 0 Å². The number of nitrogens with zero attached hydrogens (tertiary/aromatic N) is 2. The number of hydrogen-bond donors (Lipinski definition) is 1. The summed E-state index contributed by atoms with van der Waals surface area (Å²) in [5.74, 6) is 1.43. The first-order valence-electron chi connectivity index (χ1n) is 19.6. The molecule has 1 aliphatic rings. The summed E-state index contributed by atoms with van der Waals surface area (Å²) in [6, 6.07) is 65.7. The summed E-state index contributed by atoms with van der Waals surface area (Å²) in [7, 11) is 0. The Hall–Kier alpha value is -7.76. The van der Waals surface area contributed by atoms with Crippen molar-refractivity contribution in [2.75, 3.05) is 0 Å². The van der Waals surface area contributed by atoms with Crippen LogP contribution in [0.4, 0.5) is 0 Å². The molecule has 5 nitrogen and oxygen atoms in total. The topological polar surface area (TPSA) is 63.0 Å². The first-order valence-corrected chi connectivity index (χ1v) is 19.6. The van der Waals surface area contributed by atoms with E-state index in [-0.39, 0.29) is 0 Å². The SMILES string of the molecule is c1ccc(C2=NC(c3cccc4oc5ccccc5c34)NC(c3ccc(-c4cc(-c5ccccc5)cc5oc6cc7ccccc7cc6c45)c4ccccc34)=N2)cc1. The van der Waals surface area contributed by atoms with E-state index in [0.717, 1.165) is 105 Å². The van der Waals surface area contributed by atoms with E-state index in [1.165, 1.54) is 5.39 Å². The predicted molar refractivity (Wildman–Crippen MR) is 239 cm³/mol. The average Bonchev–Trinajstić information content (AvgIpc) is 3.86. The second-order valence-electron chi connectivity index (χ2n) is 14.9. The van der Waals surface area contributed by atoms with Gasteiger partial charge in [0.15, 0.2) is 5.84 Å². The number of fused-ring (bicyclic) bond motifs is 8. The monoisotopic (exact) mass is 743 g/mol. The molecule has 1 atom stereocenters. The van der Waals surface area contributed by atoms with Crippen LogP contribution in [0.3, 0.4) is 0 Å². The van der Waals surface area contributed by atoms with E-state index in [9.17, 15) is 0 Å². The molecule has 1 aliphatic heterocycles. The summed E-state index contributed by atoms with van der Waals surface area (Å²) in [6.45, 7) is 0. The standard InChI is InChI=1S/C53H33N3O2/c1-3-14-32(15-4-1)36-29-43(50-44-28-34-18-7-8-19-35(34)30-47(44)58-48(50)31-36)39-26-27-40(38-21-10-9-20-37(38)39)52-54-51(33-16-5-2-6-17-33)55-53(56-52)42-23-13-25-46-49(42)41-22-11-12-24-45(41)57-46/h1-31,53H,(H,54,55,56). The number of benzene rings is 9. The molecule has 0 bridgehead atoms. The largest absolute Gasteiger partial charge is 0.456 e. The first-order chi connectivity index (χ1) is 28.7. The van der Waals surface area contributed by atoms with Gasteiger partial charge in [-0.3, -0.25) is 0 Å². The molecule has 11 aromatic rings. The minimum Gasteiger partial charge on any atom is -0.456 e. The molecule has 0 radical (unpaired) electrons. The van der Waals surface area contributed by atoms with Crippen LogP contribution in [0.1, 0.15) is 22.9 Å². The molecule has 0 spiro atoms. The number of furan rings is 2. The van der Waals surface area contributed by atoms with E-state index in [2.05, 4.69) is 151 Å². The number of rotatable bonds is 5. The summed E-state index contributed by atoms with van der Waals surface area (Å²) < 4.78 is 13.0. The van der Waals surface area contributed by atoms with Crippen LogP contribution in [0.5, 0.6) is 0 Å². The average molecular weight is 744 g/mol. The van der Waals surface area contributed by atoms with Gasteiger partial charge in [0.1, 0.15) is 34.3 Å². The van der Waals surface area contributed by atoms with Gasteiger partial charge in [-0.1, -0.05) is 152 Å². The summed E-state index contributed by atoms with van der Waals surface area (Å²) in [6.07, 6.45) is -0.417. The molecule has 5 heteroatoms. The molecule has 272 valence electrons. The van der Waals surface area contributed by atoms with Crippen molar-refractivity contribution in [3.8, 4) is 22.3 Å². The van der Waals surface area contributed by atoms with Gasteiger partial charge in [0.05, 0.1) is 0 Å². The van der Waals surface area contributed by atoms with Crippen molar-refractivity contribution in [1.82, 2.24) is 5.32 Å². The smallest absolute Gasteiger partial charge is 0.159 e. The van der Waals surface area contributed by atoms with Gasteiger partial charge in [-0.25, -0.2) is 9.98 Å². The van der Waals surface area contributed by atoms with Gasteiger partial charge in [0.2, 0.25) is 0 Å². The Morgan fingerprint density at radius 3 is 1.84 bits per heavy atom. The Bertz CT molecular complexity index is 3490.